The van der Waals surface area contributed by atoms with Crippen molar-refractivity contribution < 1.29 is 17.9 Å². The van der Waals surface area contributed by atoms with E-state index in [0.29, 0.717) is 17.6 Å². The molecule has 41 heavy (non-hydrogen) atoms. The predicted octanol–water partition coefficient (Wildman–Crippen LogP) is 7.46. The Morgan fingerprint density at radius 1 is 0.976 bits per heavy atom. The predicted molar refractivity (Wildman–Crippen MR) is 158 cm³/mol. The summed E-state index contributed by atoms with van der Waals surface area (Å²) in [5, 5.41) is 14.3. The van der Waals surface area contributed by atoms with Crippen LogP contribution in [-0.4, -0.2) is 44.3 Å². The van der Waals surface area contributed by atoms with Crippen molar-refractivity contribution in [1.82, 2.24) is 14.8 Å². The lowest BCUT2D eigenvalue weighted by molar-refractivity contribution is -0.274. The Kier molecular flexibility index (Phi) is 7.90. The summed E-state index contributed by atoms with van der Waals surface area (Å²) in [7, 11) is 0. The van der Waals surface area contributed by atoms with Crippen LogP contribution in [0.2, 0.25) is 0 Å². The first-order chi connectivity index (χ1) is 19.5. The summed E-state index contributed by atoms with van der Waals surface area (Å²) in [4.78, 5) is 6.60. The molecule has 11 heteroatoms. The molecular formula is C30H29F3N6OS. The number of hydrogen-bond donors (Lipinski definition) is 0. The first kappa shape index (κ1) is 28.4. The molecule has 1 atom stereocenters. The average molecular weight is 579 g/mol. The molecule has 1 saturated heterocycles. The van der Waals surface area contributed by atoms with Crippen molar-refractivity contribution in [1.29, 1.82) is 0 Å². The highest BCUT2D eigenvalue weighted by Crippen LogP contribution is 2.37. The van der Waals surface area contributed by atoms with Crippen LogP contribution >= 0.6 is 11.8 Å². The van der Waals surface area contributed by atoms with E-state index in [-0.39, 0.29) is 11.2 Å². The van der Waals surface area contributed by atoms with Crippen molar-refractivity contribution in [3.8, 4) is 22.8 Å². The third kappa shape index (κ3) is 6.79. The van der Waals surface area contributed by atoms with Crippen LogP contribution in [0.15, 0.2) is 89.3 Å². The highest BCUT2D eigenvalue weighted by molar-refractivity contribution is 8.14. The number of rotatable bonds is 6. The zero-order chi connectivity index (χ0) is 29.2. The number of para-hydroxylation sites is 1. The number of thioether (sulfide) groups is 1. The minimum Gasteiger partial charge on any atom is -0.406 e. The topological polar surface area (TPSA) is 67.9 Å². The Hall–Kier alpha value is -4.12. The molecule has 0 spiro atoms. The second-order valence-corrected chi connectivity index (χ2v) is 11.6. The summed E-state index contributed by atoms with van der Waals surface area (Å²) in [5.41, 5.74) is 4.64. The van der Waals surface area contributed by atoms with Gasteiger partial charge >= 0.3 is 6.36 Å². The largest absolute Gasteiger partial charge is 0.573 e. The fourth-order valence-electron chi connectivity index (χ4n) is 4.45. The summed E-state index contributed by atoms with van der Waals surface area (Å²) in [5.74, 6) is 1.12. The molecule has 1 aromatic heterocycles. The lowest BCUT2D eigenvalue weighted by atomic mass is 9.85. The Labute approximate surface area is 240 Å². The second-order valence-electron chi connectivity index (χ2n) is 10.6. The van der Waals surface area contributed by atoms with Gasteiger partial charge in [0.25, 0.3) is 0 Å². The third-order valence-corrected chi connectivity index (χ3v) is 7.60. The fourth-order valence-corrected chi connectivity index (χ4v) is 5.51. The number of hydrogen-bond acceptors (Lipinski definition) is 6. The molecule has 3 aromatic carbocycles. The van der Waals surface area contributed by atoms with Gasteiger partial charge in [-0.25, -0.2) is 9.67 Å². The summed E-state index contributed by atoms with van der Waals surface area (Å²) in [6, 6.07) is 21.7. The van der Waals surface area contributed by atoms with Crippen LogP contribution in [0.3, 0.4) is 0 Å². The van der Waals surface area contributed by atoms with Crippen molar-refractivity contribution in [2.75, 3.05) is 10.7 Å². The number of halogens is 3. The standard InChI is InChI=1S/C30H29F3N6OS/c1-20-18-41-28(39(20)26-8-6-5-7-25(26)29(2,3)4)36-35-17-21-9-11-22(12-10-21)27-34-19-38(37-27)23-13-15-24(16-14-23)40-30(31,32)33/h5-17,19-20H,18H2,1-4H3. The van der Waals surface area contributed by atoms with Gasteiger partial charge in [-0.1, -0.05) is 75.0 Å². The molecule has 0 radical (unpaired) electrons. The molecule has 5 rings (SSSR count). The van der Waals surface area contributed by atoms with Crippen LogP contribution in [0.5, 0.6) is 5.75 Å². The van der Waals surface area contributed by atoms with E-state index in [1.165, 1.54) is 40.8 Å². The minimum atomic E-state index is -4.74. The summed E-state index contributed by atoms with van der Waals surface area (Å²) in [6.07, 6.45) is -1.52. The molecule has 0 saturated carbocycles. The normalized spacial score (nSPS) is 17.1. The van der Waals surface area contributed by atoms with Crippen LogP contribution in [0.1, 0.15) is 38.8 Å². The van der Waals surface area contributed by atoms with Gasteiger partial charge in [0, 0.05) is 23.0 Å². The fraction of sp³-hybridized carbons (Fsp3) is 0.267. The van der Waals surface area contributed by atoms with Gasteiger partial charge in [0.05, 0.1) is 11.9 Å². The Morgan fingerprint density at radius 2 is 1.68 bits per heavy atom. The molecule has 0 bridgehead atoms. The Morgan fingerprint density at radius 3 is 2.37 bits per heavy atom. The molecule has 1 aliphatic rings. The molecule has 7 nitrogen and oxygen atoms in total. The monoisotopic (exact) mass is 578 g/mol. The van der Waals surface area contributed by atoms with Gasteiger partial charge in [0.2, 0.25) is 0 Å². The summed E-state index contributed by atoms with van der Waals surface area (Å²) < 4.78 is 42.6. The Balaban J connectivity index is 1.28. The number of aromatic nitrogens is 3. The van der Waals surface area contributed by atoms with E-state index in [1.54, 1.807) is 18.0 Å². The van der Waals surface area contributed by atoms with E-state index in [0.717, 1.165) is 27.7 Å². The van der Waals surface area contributed by atoms with Crippen molar-refractivity contribution in [3.05, 3.63) is 90.3 Å². The van der Waals surface area contributed by atoms with Gasteiger partial charge in [-0.2, -0.15) is 5.10 Å². The van der Waals surface area contributed by atoms with Crippen molar-refractivity contribution >= 4 is 28.8 Å². The van der Waals surface area contributed by atoms with E-state index in [4.69, 9.17) is 0 Å². The number of benzene rings is 3. The SMILES string of the molecule is CC1CSC(=NN=Cc2ccc(-c3ncn(-c4ccc(OC(F)(F)F)cc4)n3)cc2)N1c1ccccc1C(C)(C)C. The number of anilines is 1. The first-order valence-corrected chi connectivity index (χ1v) is 14.0. The van der Waals surface area contributed by atoms with E-state index >= 15 is 0 Å². The maximum atomic E-state index is 12.4. The van der Waals surface area contributed by atoms with Gasteiger partial charge in [-0.3, -0.25) is 0 Å². The van der Waals surface area contributed by atoms with Crippen molar-refractivity contribution in [3.63, 3.8) is 0 Å². The van der Waals surface area contributed by atoms with Gasteiger partial charge in [0.15, 0.2) is 11.0 Å². The van der Waals surface area contributed by atoms with E-state index < -0.39 is 6.36 Å². The molecule has 0 amide bonds. The summed E-state index contributed by atoms with van der Waals surface area (Å²) >= 11 is 1.70. The lowest BCUT2D eigenvalue weighted by Crippen LogP contribution is -2.33. The summed E-state index contributed by atoms with van der Waals surface area (Å²) in [6.45, 7) is 8.84. The van der Waals surface area contributed by atoms with Gasteiger partial charge in [-0.15, -0.1) is 23.4 Å². The van der Waals surface area contributed by atoms with Crippen LogP contribution in [0.25, 0.3) is 17.1 Å². The van der Waals surface area contributed by atoms with Crippen LogP contribution in [-0.2, 0) is 5.41 Å². The van der Waals surface area contributed by atoms with E-state index in [1.807, 2.05) is 24.3 Å². The maximum Gasteiger partial charge on any atom is 0.573 e. The van der Waals surface area contributed by atoms with Crippen molar-refractivity contribution in [2.45, 2.75) is 45.5 Å². The van der Waals surface area contributed by atoms with Gasteiger partial charge < -0.3 is 9.64 Å². The quantitative estimate of drug-likeness (QED) is 0.176. The molecular weight excluding hydrogens is 549 g/mol. The van der Waals surface area contributed by atoms with Gasteiger partial charge in [0.1, 0.15) is 12.1 Å². The van der Waals surface area contributed by atoms with E-state index in [9.17, 15) is 13.2 Å². The number of nitrogens with zero attached hydrogens (tertiary/aromatic N) is 6. The second kappa shape index (κ2) is 11.4. The molecule has 1 aliphatic heterocycles. The minimum absolute atomic E-state index is 0.000564. The number of alkyl halides is 3. The number of amidine groups is 1. The smallest absolute Gasteiger partial charge is 0.406 e. The molecule has 212 valence electrons. The molecule has 2 heterocycles. The lowest BCUT2D eigenvalue weighted by Gasteiger charge is -2.30. The van der Waals surface area contributed by atoms with Gasteiger partial charge in [-0.05, 0) is 53.8 Å². The highest BCUT2D eigenvalue weighted by Gasteiger charge is 2.32. The highest BCUT2D eigenvalue weighted by atomic mass is 32.2. The van der Waals surface area contributed by atoms with Crippen LogP contribution in [0, 0.1) is 0 Å². The zero-order valence-electron chi connectivity index (χ0n) is 23.0. The molecule has 0 aliphatic carbocycles. The third-order valence-electron chi connectivity index (χ3n) is 6.42. The first-order valence-electron chi connectivity index (χ1n) is 13.0. The molecule has 1 fully saturated rings. The average Bonchev–Trinajstić information content (AvgIpc) is 3.55. The molecule has 1 unspecified atom stereocenters. The Bertz CT molecular complexity index is 1560. The zero-order valence-corrected chi connectivity index (χ0v) is 23.8. The van der Waals surface area contributed by atoms with Crippen LogP contribution in [0.4, 0.5) is 18.9 Å². The number of ether oxygens (including phenoxy) is 1. The maximum absolute atomic E-state index is 12.4. The van der Waals surface area contributed by atoms with E-state index in [2.05, 4.69) is 81.9 Å². The molecule has 4 aromatic rings. The van der Waals surface area contributed by atoms with Crippen LogP contribution < -0.4 is 9.64 Å². The van der Waals surface area contributed by atoms with Crippen molar-refractivity contribution in [2.24, 2.45) is 10.2 Å². The molecule has 0 N–H and O–H groups in total.